The molecule has 2 aromatic rings. The van der Waals surface area contributed by atoms with E-state index < -0.39 is 0 Å². The number of methoxy groups -OCH3 is 1. The summed E-state index contributed by atoms with van der Waals surface area (Å²) in [7, 11) is 1.60. The van der Waals surface area contributed by atoms with Gasteiger partial charge in [0.25, 0.3) is 5.91 Å². The van der Waals surface area contributed by atoms with Crippen molar-refractivity contribution in [1.82, 2.24) is 9.78 Å². The van der Waals surface area contributed by atoms with E-state index in [2.05, 4.69) is 24.3 Å². The zero-order chi connectivity index (χ0) is 15.9. The second-order valence-corrected chi connectivity index (χ2v) is 4.93. The number of benzene rings is 1. The summed E-state index contributed by atoms with van der Waals surface area (Å²) in [5.74, 6) is 1.82. The minimum atomic E-state index is -0.221. The third kappa shape index (κ3) is 4.00. The molecule has 0 radical (unpaired) electrons. The van der Waals surface area contributed by atoms with Crippen molar-refractivity contribution in [3.05, 3.63) is 36.5 Å². The van der Waals surface area contributed by atoms with Crippen molar-refractivity contribution >= 4 is 11.7 Å². The minimum absolute atomic E-state index is 0.0575. The van der Waals surface area contributed by atoms with E-state index in [9.17, 15) is 4.79 Å². The van der Waals surface area contributed by atoms with E-state index in [1.54, 1.807) is 48.3 Å². The smallest absolute Gasteiger partial charge is 0.263 e. The highest BCUT2D eigenvalue weighted by Crippen LogP contribution is 2.18. The molecule has 0 fully saturated rings. The van der Waals surface area contributed by atoms with Gasteiger partial charge in [-0.25, -0.2) is 4.68 Å². The van der Waals surface area contributed by atoms with Crippen LogP contribution in [-0.2, 0) is 4.79 Å². The van der Waals surface area contributed by atoms with Crippen LogP contribution in [0, 0.1) is 0 Å². The zero-order valence-corrected chi connectivity index (χ0v) is 13.1. The van der Waals surface area contributed by atoms with Gasteiger partial charge in [-0.15, -0.1) is 0 Å². The average Bonchev–Trinajstić information content (AvgIpc) is 3.00. The summed E-state index contributed by atoms with van der Waals surface area (Å²) in [5, 5.41) is 7.04. The number of anilines is 1. The number of hydrogen-bond donors (Lipinski definition) is 1. The molecule has 0 aliphatic heterocycles. The van der Waals surface area contributed by atoms with E-state index in [1.807, 2.05) is 0 Å². The molecule has 6 nitrogen and oxygen atoms in total. The maximum absolute atomic E-state index is 12.0. The fourth-order valence-corrected chi connectivity index (χ4v) is 1.94. The molecule has 22 heavy (non-hydrogen) atoms. The lowest BCUT2D eigenvalue weighted by Gasteiger charge is -2.14. The Bertz CT molecular complexity index is 607. The topological polar surface area (TPSA) is 65.4 Å². The fraction of sp³-hybridized carbons (Fsp3) is 0.375. The van der Waals surface area contributed by atoms with Crippen molar-refractivity contribution in [2.45, 2.75) is 26.3 Å². The maximum Gasteiger partial charge on any atom is 0.263 e. The molecule has 1 heterocycles. The molecule has 0 spiro atoms. The Balaban J connectivity index is 1.89. The number of ether oxygens (including phenoxy) is 2. The third-order valence-corrected chi connectivity index (χ3v) is 3.38. The van der Waals surface area contributed by atoms with Gasteiger partial charge in [-0.05, 0) is 37.6 Å². The van der Waals surface area contributed by atoms with Gasteiger partial charge in [-0.2, -0.15) is 5.10 Å². The third-order valence-electron chi connectivity index (χ3n) is 3.38. The molecule has 1 aromatic heterocycles. The molecule has 1 N–H and O–H groups in total. The minimum Gasteiger partial charge on any atom is -0.497 e. The monoisotopic (exact) mass is 303 g/mol. The van der Waals surface area contributed by atoms with Crippen molar-refractivity contribution in [2.24, 2.45) is 0 Å². The lowest BCUT2D eigenvalue weighted by molar-refractivity contribution is -0.118. The van der Waals surface area contributed by atoms with Crippen molar-refractivity contribution < 1.29 is 14.3 Å². The van der Waals surface area contributed by atoms with Crippen LogP contribution in [0.5, 0.6) is 11.5 Å². The Morgan fingerprint density at radius 2 is 1.95 bits per heavy atom. The molecule has 0 aliphatic carbocycles. The Morgan fingerprint density at radius 3 is 2.59 bits per heavy atom. The van der Waals surface area contributed by atoms with Gasteiger partial charge in [0, 0.05) is 6.07 Å². The Morgan fingerprint density at radius 1 is 1.27 bits per heavy atom. The molecule has 0 unspecified atom stereocenters. The number of amides is 1. The Hall–Kier alpha value is -2.50. The van der Waals surface area contributed by atoms with Crippen molar-refractivity contribution in [3.8, 4) is 11.5 Å². The fourth-order valence-electron chi connectivity index (χ4n) is 1.94. The van der Waals surface area contributed by atoms with Gasteiger partial charge in [-0.3, -0.25) is 4.79 Å². The van der Waals surface area contributed by atoms with E-state index in [1.165, 1.54) is 0 Å². The van der Waals surface area contributed by atoms with Crippen LogP contribution in [0.3, 0.4) is 0 Å². The quantitative estimate of drug-likeness (QED) is 0.854. The molecule has 1 aromatic carbocycles. The zero-order valence-electron chi connectivity index (χ0n) is 13.1. The van der Waals surface area contributed by atoms with Crippen LogP contribution in [0.25, 0.3) is 0 Å². The SMILES string of the molecule is CC[C@@H](C)n1nccc1NC(=O)COc1ccc(OC)cc1. The number of aromatic nitrogens is 2. The Labute approximate surface area is 130 Å². The normalized spacial score (nSPS) is 11.8. The highest BCUT2D eigenvalue weighted by Gasteiger charge is 2.11. The Kier molecular flexibility index (Phi) is 5.41. The number of carbonyl (C=O) groups is 1. The maximum atomic E-state index is 12.0. The van der Waals surface area contributed by atoms with Gasteiger partial charge < -0.3 is 14.8 Å². The summed E-state index contributed by atoms with van der Waals surface area (Å²) < 4.78 is 12.3. The average molecular weight is 303 g/mol. The van der Waals surface area contributed by atoms with E-state index >= 15 is 0 Å². The van der Waals surface area contributed by atoms with Crippen LogP contribution in [0.4, 0.5) is 5.82 Å². The summed E-state index contributed by atoms with van der Waals surface area (Å²) in [6, 6.07) is 9.09. The van der Waals surface area contributed by atoms with E-state index in [4.69, 9.17) is 9.47 Å². The van der Waals surface area contributed by atoms with Gasteiger partial charge in [0.1, 0.15) is 17.3 Å². The molecular formula is C16H21N3O3. The largest absolute Gasteiger partial charge is 0.497 e. The van der Waals surface area contributed by atoms with Crippen molar-refractivity contribution in [1.29, 1.82) is 0 Å². The number of nitrogens with one attached hydrogen (secondary N) is 1. The predicted molar refractivity (Wildman–Crippen MR) is 84.3 cm³/mol. The van der Waals surface area contributed by atoms with Crippen LogP contribution in [0.1, 0.15) is 26.3 Å². The first kappa shape index (κ1) is 15.9. The molecule has 0 saturated carbocycles. The molecule has 1 amide bonds. The van der Waals surface area contributed by atoms with Crippen LogP contribution in [-0.4, -0.2) is 29.4 Å². The van der Waals surface area contributed by atoms with Gasteiger partial charge in [0.2, 0.25) is 0 Å². The summed E-state index contributed by atoms with van der Waals surface area (Å²) in [4.78, 5) is 12.0. The molecule has 0 bridgehead atoms. The highest BCUT2D eigenvalue weighted by molar-refractivity contribution is 5.91. The van der Waals surface area contributed by atoms with Crippen LogP contribution in [0.2, 0.25) is 0 Å². The van der Waals surface area contributed by atoms with Crippen molar-refractivity contribution in [2.75, 3.05) is 19.0 Å². The summed E-state index contributed by atoms with van der Waals surface area (Å²) in [6.45, 7) is 4.07. The first-order chi connectivity index (χ1) is 10.6. The van der Waals surface area contributed by atoms with Gasteiger partial charge in [-0.1, -0.05) is 6.92 Å². The summed E-state index contributed by atoms with van der Waals surface area (Å²) in [5.41, 5.74) is 0. The standard InChI is InChI=1S/C16H21N3O3/c1-4-12(2)19-15(9-10-17-19)18-16(20)11-22-14-7-5-13(21-3)6-8-14/h5-10,12H,4,11H2,1-3H3,(H,18,20)/t12-/m1/s1. The number of rotatable bonds is 7. The van der Waals surface area contributed by atoms with E-state index in [0.29, 0.717) is 11.6 Å². The van der Waals surface area contributed by atoms with Crippen LogP contribution < -0.4 is 14.8 Å². The lowest BCUT2D eigenvalue weighted by Crippen LogP contribution is -2.22. The second kappa shape index (κ2) is 7.49. The molecule has 6 heteroatoms. The van der Waals surface area contributed by atoms with E-state index in [-0.39, 0.29) is 18.6 Å². The first-order valence-electron chi connectivity index (χ1n) is 7.24. The second-order valence-electron chi connectivity index (χ2n) is 4.93. The molecule has 2 rings (SSSR count). The van der Waals surface area contributed by atoms with Gasteiger partial charge in [0.15, 0.2) is 6.61 Å². The summed E-state index contributed by atoms with van der Waals surface area (Å²) >= 11 is 0. The summed E-state index contributed by atoms with van der Waals surface area (Å²) in [6.07, 6.45) is 2.61. The van der Waals surface area contributed by atoms with Crippen molar-refractivity contribution in [3.63, 3.8) is 0 Å². The van der Waals surface area contributed by atoms with Crippen LogP contribution in [0.15, 0.2) is 36.5 Å². The number of hydrogen-bond acceptors (Lipinski definition) is 4. The molecule has 0 saturated heterocycles. The van der Waals surface area contributed by atoms with E-state index in [0.717, 1.165) is 12.2 Å². The predicted octanol–water partition coefficient (Wildman–Crippen LogP) is 2.88. The van der Waals surface area contributed by atoms with Gasteiger partial charge >= 0.3 is 0 Å². The highest BCUT2D eigenvalue weighted by atomic mass is 16.5. The molecule has 0 aliphatic rings. The van der Waals surface area contributed by atoms with Gasteiger partial charge in [0.05, 0.1) is 19.3 Å². The van der Waals surface area contributed by atoms with Crippen LogP contribution >= 0.6 is 0 Å². The number of nitrogens with zero attached hydrogens (tertiary/aromatic N) is 2. The molecule has 1 atom stereocenters. The molecular weight excluding hydrogens is 282 g/mol. The lowest BCUT2D eigenvalue weighted by atomic mass is 10.3. The first-order valence-corrected chi connectivity index (χ1v) is 7.24. The number of carbonyl (C=O) groups excluding carboxylic acids is 1. The molecule has 118 valence electrons.